The Morgan fingerprint density at radius 3 is 1.56 bits per heavy atom. The van der Waals surface area contributed by atoms with E-state index in [0.717, 1.165) is 22.3 Å². The van der Waals surface area contributed by atoms with Gasteiger partial charge in [-0.25, -0.2) is 4.98 Å². The van der Waals surface area contributed by atoms with Crippen molar-refractivity contribution in [2.24, 2.45) is 0 Å². The summed E-state index contributed by atoms with van der Waals surface area (Å²) in [6, 6.07) is 30.1. The Morgan fingerprint density at radius 2 is 0.940 bits per heavy atom. The van der Waals surface area contributed by atoms with E-state index in [-0.39, 0.29) is 73.4 Å². The number of rotatable bonds is 5. The molecular weight excluding hydrogens is 613 g/mol. The van der Waals surface area contributed by atoms with E-state index in [9.17, 15) is 4.11 Å². The molecule has 0 saturated heterocycles. The van der Waals surface area contributed by atoms with Gasteiger partial charge in [-0.15, -0.1) is 0 Å². The fourth-order valence-electron chi connectivity index (χ4n) is 6.30. The van der Waals surface area contributed by atoms with Gasteiger partial charge in [0.05, 0.1) is 24.7 Å². The molecule has 3 aromatic heterocycles. The molecule has 50 heavy (non-hydrogen) atoms. The minimum Gasteiger partial charge on any atom is -0.456 e. The molecule has 0 unspecified atom stereocenters. The fourth-order valence-corrected chi connectivity index (χ4v) is 6.30. The summed E-state index contributed by atoms with van der Waals surface area (Å²) < 4.78 is 96.1. The topological polar surface area (TPSA) is 56.7 Å². The Bertz CT molecular complexity index is 3310. The van der Waals surface area contributed by atoms with Crippen LogP contribution in [0.2, 0.25) is 0 Å². The molecule has 0 fully saturated rings. The average molecular weight is 651 g/mol. The van der Waals surface area contributed by atoms with Crippen LogP contribution in [0.4, 0.5) is 0 Å². The number of hydrogen-bond donors (Lipinski definition) is 0. The summed E-state index contributed by atoms with van der Waals surface area (Å²) in [4.78, 5) is 14.8. The van der Waals surface area contributed by atoms with E-state index in [4.69, 9.17) is 29.0 Å². The first-order chi connectivity index (χ1) is 28.9. The van der Waals surface area contributed by atoms with Gasteiger partial charge in [0, 0.05) is 32.7 Å². The quantitative estimate of drug-likeness (QED) is 0.186. The molecule has 10 aromatic rings. The molecule has 0 aliphatic heterocycles. The number of hydrogen-bond acceptors (Lipinski definition) is 4. The Kier molecular flexibility index (Phi) is 4.52. The second-order valence-corrected chi connectivity index (χ2v) is 11.7. The van der Waals surface area contributed by atoms with Crippen molar-refractivity contribution in [3.05, 3.63) is 170 Å². The summed E-state index contributed by atoms with van der Waals surface area (Å²) in [6.07, 6.45) is 0. The standard InChI is InChI=1S/C45H28N4O/c1-3-11-29(12-4-1)31-19-23-33(24-20-31)43-46-44(34-25-21-32(22-26-34)30-13-5-2-6-14-30)48-45(47-43)49-39-17-9-7-15-35(39)37-28-42-38(27-40(37)49)36-16-8-10-18-41(36)50-42/h1-28H/i7D,8D,9D,10D,15D,16D,17D,18D,27D,28D. The normalized spacial score (nSPS) is 14.4. The third-order valence-corrected chi connectivity index (χ3v) is 8.74. The zero-order valence-electron chi connectivity index (χ0n) is 36.1. The van der Waals surface area contributed by atoms with Crippen molar-refractivity contribution >= 4 is 43.7 Å². The smallest absolute Gasteiger partial charge is 0.238 e. The van der Waals surface area contributed by atoms with E-state index in [1.165, 1.54) is 4.57 Å². The Morgan fingerprint density at radius 1 is 0.420 bits per heavy atom. The molecule has 0 saturated carbocycles. The first-order valence-electron chi connectivity index (χ1n) is 20.9. The third kappa shape index (κ3) is 4.67. The molecule has 5 nitrogen and oxygen atoms in total. The molecule has 3 heterocycles. The van der Waals surface area contributed by atoms with Gasteiger partial charge < -0.3 is 4.42 Å². The lowest BCUT2D eigenvalue weighted by atomic mass is 10.0. The fraction of sp³-hybridized carbons (Fsp3) is 0. The maximum atomic E-state index is 9.73. The van der Waals surface area contributed by atoms with Gasteiger partial charge >= 0.3 is 0 Å². The van der Waals surface area contributed by atoms with Crippen LogP contribution in [0, 0.1) is 0 Å². The highest BCUT2D eigenvalue weighted by Crippen LogP contribution is 2.38. The Hall–Kier alpha value is -6.85. The maximum Gasteiger partial charge on any atom is 0.238 e. The molecule has 10 rings (SSSR count). The van der Waals surface area contributed by atoms with Crippen LogP contribution in [0.25, 0.3) is 94.7 Å². The average Bonchev–Trinajstić information content (AvgIpc) is 3.88. The molecule has 0 aliphatic rings. The van der Waals surface area contributed by atoms with Crippen molar-refractivity contribution < 1.29 is 18.1 Å². The molecule has 0 atom stereocenters. The van der Waals surface area contributed by atoms with Crippen molar-refractivity contribution in [1.29, 1.82) is 0 Å². The zero-order valence-corrected chi connectivity index (χ0v) is 26.1. The molecule has 0 aliphatic carbocycles. The van der Waals surface area contributed by atoms with Gasteiger partial charge in [-0.1, -0.05) is 145 Å². The second kappa shape index (κ2) is 11.4. The molecule has 5 heteroatoms. The lowest BCUT2D eigenvalue weighted by Gasteiger charge is -2.12. The molecule has 0 N–H and O–H groups in total. The van der Waals surface area contributed by atoms with Crippen LogP contribution < -0.4 is 0 Å². The predicted octanol–water partition coefficient (Wildman–Crippen LogP) is 11.5. The van der Waals surface area contributed by atoms with E-state index in [1.54, 1.807) is 0 Å². The van der Waals surface area contributed by atoms with Crippen LogP contribution in [0.3, 0.4) is 0 Å². The molecule has 0 amide bonds. The number of benzene rings is 7. The summed E-state index contributed by atoms with van der Waals surface area (Å²) in [7, 11) is 0. The van der Waals surface area contributed by atoms with Crippen molar-refractivity contribution in [1.82, 2.24) is 19.5 Å². The Labute approximate surface area is 301 Å². The maximum absolute atomic E-state index is 9.73. The number of fused-ring (bicyclic) bond motifs is 6. The number of nitrogens with zero attached hydrogens (tertiary/aromatic N) is 4. The Balaban J connectivity index is 1.32. The highest BCUT2D eigenvalue weighted by Gasteiger charge is 2.20. The zero-order chi connectivity index (χ0) is 41.7. The lowest BCUT2D eigenvalue weighted by Crippen LogP contribution is -2.06. The molecule has 0 radical (unpaired) electrons. The van der Waals surface area contributed by atoms with Crippen molar-refractivity contribution in [3.63, 3.8) is 0 Å². The summed E-state index contributed by atoms with van der Waals surface area (Å²) in [5.41, 5.74) is 4.50. The largest absolute Gasteiger partial charge is 0.456 e. The lowest BCUT2D eigenvalue weighted by molar-refractivity contribution is 0.669. The minimum atomic E-state index is -0.559. The number of furan rings is 1. The van der Waals surface area contributed by atoms with Gasteiger partial charge in [-0.05, 0) is 46.4 Å². The van der Waals surface area contributed by atoms with E-state index in [0.29, 0.717) is 11.1 Å². The van der Waals surface area contributed by atoms with Crippen molar-refractivity contribution in [2.75, 3.05) is 0 Å². The van der Waals surface area contributed by atoms with E-state index < -0.39 is 48.3 Å². The van der Waals surface area contributed by atoms with Gasteiger partial charge in [-0.2, -0.15) is 9.97 Å². The highest BCUT2D eigenvalue weighted by molar-refractivity contribution is 6.17. The van der Waals surface area contributed by atoms with Gasteiger partial charge in [0.25, 0.3) is 0 Å². The molecule has 7 aromatic carbocycles. The number of aromatic nitrogens is 4. The van der Waals surface area contributed by atoms with E-state index in [1.807, 2.05) is 109 Å². The first-order valence-corrected chi connectivity index (χ1v) is 15.9. The molecule has 234 valence electrons. The van der Waals surface area contributed by atoms with E-state index >= 15 is 0 Å². The SMILES string of the molecule is [2H]c1c([2H])c([2H])c2c(oc3c([2H])c4c5c([2H])c([2H])c([2H])c([2H])c5n(-c5nc(-c6ccc(-c7ccccc7)cc6)nc(-c6ccc(-c7ccccc7)cc6)n5)c4c([2H])c32)c1[2H]. The number of para-hydroxylation sites is 2. The van der Waals surface area contributed by atoms with Crippen LogP contribution in [0.1, 0.15) is 13.7 Å². The van der Waals surface area contributed by atoms with Gasteiger partial charge in [0.2, 0.25) is 5.95 Å². The predicted molar refractivity (Wildman–Crippen MR) is 203 cm³/mol. The van der Waals surface area contributed by atoms with Crippen LogP contribution in [0.5, 0.6) is 0 Å². The van der Waals surface area contributed by atoms with Gasteiger partial charge in [0.15, 0.2) is 11.6 Å². The monoisotopic (exact) mass is 650 g/mol. The van der Waals surface area contributed by atoms with E-state index in [2.05, 4.69) is 0 Å². The van der Waals surface area contributed by atoms with Crippen LogP contribution in [-0.4, -0.2) is 19.5 Å². The minimum absolute atomic E-state index is 0.0632. The van der Waals surface area contributed by atoms with Gasteiger partial charge in [-0.3, -0.25) is 4.57 Å². The first kappa shape index (κ1) is 19.8. The molecule has 0 bridgehead atoms. The molecule has 0 spiro atoms. The van der Waals surface area contributed by atoms with Crippen molar-refractivity contribution in [2.45, 2.75) is 0 Å². The van der Waals surface area contributed by atoms with Crippen LogP contribution in [-0.2, 0) is 0 Å². The van der Waals surface area contributed by atoms with Crippen LogP contribution >= 0.6 is 0 Å². The summed E-state index contributed by atoms with van der Waals surface area (Å²) in [5, 5.41) is -0.343. The van der Waals surface area contributed by atoms with Gasteiger partial charge in [0.1, 0.15) is 11.2 Å². The van der Waals surface area contributed by atoms with Crippen LogP contribution in [0.15, 0.2) is 174 Å². The van der Waals surface area contributed by atoms with Crippen molar-refractivity contribution in [3.8, 4) is 51.0 Å². The second-order valence-electron chi connectivity index (χ2n) is 11.7. The third-order valence-electron chi connectivity index (χ3n) is 8.74. The summed E-state index contributed by atoms with van der Waals surface area (Å²) in [5.74, 6) is 0.333. The summed E-state index contributed by atoms with van der Waals surface area (Å²) >= 11 is 0. The highest BCUT2D eigenvalue weighted by atomic mass is 16.3. The summed E-state index contributed by atoms with van der Waals surface area (Å²) in [6.45, 7) is 0. The molecular formula is C45H28N4O.